The summed E-state index contributed by atoms with van der Waals surface area (Å²) in [6, 6.07) is 5.78. The Morgan fingerprint density at radius 3 is 2.46 bits per heavy atom. The number of carbonyl (C=O) groups is 1. The van der Waals surface area contributed by atoms with E-state index in [1.165, 1.54) is 19.3 Å². The van der Waals surface area contributed by atoms with E-state index < -0.39 is 5.79 Å². The van der Waals surface area contributed by atoms with Crippen LogP contribution in [0.3, 0.4) is 0 Å². The largest absolute Gasteiger partial charge is 0.356 e. The van der Waals surface area contributed by atoms with Gasteiger partial charge in [0.1, 0.15) is 12.1 Å². The van der Waals surface area contributed by atoms with Gasteiger partial charge in [0.05, 0.1) is 18.7 Å². The highest BCUT2D eigenvalue weighted by Gasteiger charge is 2.40. The van der Waals surface area contributed by atoms with Gasteiger partial charge in [-0.25, -0.2) is 9.97 Å². The minimum Gasteiger partial charge on any atom is -0.356 e. The number of amides is 1. The highest BCUT2D eigenvalue weighted by molar-refractivity contribution is 6.00. The quantitative estimate of drug-likeness (QED) is 0.795. The molecule has 3 aliphatic heterocycles. The molecule has 1 aromatic heterocycles. The van der Waals surface area contributed by atoms with Gasteiger partial charge in [-0.3, -0.25) is 4.79 Å². The smallest absolute Gasteiger partial charge is 0.253 e. The highest BCUT2D eigenvalue weighted by Crippen LogP contribution is 2.32. The first-order valence-electron chi connectivity index (χ1n) is 10.3. The van der Waals surface area contributed by atoms with Crippen molar-refractivity contribution in [2.24, 2.45) is 0 Å². The van der Waals surface area contributed by atoms with Crippen LogP contribution in [0.1, 0.15) is 42.5 Å². The lowest BCUT2D eigenvalue weighted by atomic mass is 10.0. The Balaban J connectivity index is 1.39. The Hall–Kier alpha value is -2.25. The third-order valence-corrected chi connectivity index (χ3v) is 6.14. The first-order chi connectivity index (χ1) is 13.7. The first kappa shape index (κ1) is 17.8. The van der Waals surface area contributed by atoms with E-state index in [-0.39, 0.29) is 5.91 Å². The molecule has 3 saturated heterocycles. The number of carbonyl (C=O) groups excluding carboxylic acids is 1. The molecule has 7 heteroatoms. The number of hydrogen-bond donors (Lipinski definition) is 0. The number of rotatable bonds is 2. The van der Waals surface area contributed by atoms with Gasteiger partial charge in [0.15, 0.2) is 5.79 Å². The van der Waals surface area contributed by atoms with E-state index in [1.807, 2.05) is 23.1 Å². The molecule has 0 aliphatic carbocycles. The Bertz CT molecular complexity index is 865. The molecule has 0 saturated carbocycles. The normalized spacial score (nSPS) is 22.1. The molecule has 28 heavy (non-hydrogen) atoms. The third kappa shape index (κ3) is 3.22. The summed E-state index contributed by atoms with van der Waals surface area (Å²) in [5.41, 5.74) is 1.59. The summed E-state index contributed by atoms with van der Waals surface area (Å²) in [4.78, 5) is 26.3. The first-order valence-corrected chi connectivity index (χ1v) is 10.3. The molecule has 0 atom stereocenters. The summed E-state index contributed by atoms with van der Waals surface area (Å²) in [6.45, 7) is 4.63. The van der Waals surface area contributed by atoms with E-state index in [1.54, 1.807) is 6.33 Å². The van der Waals surface area contributed by atoms with Crippen molar-refractivity contribution in [3.05, 3.63) is 30.1 Å². The Kier molecular flexibility index (Phi) is 4.64. The molecule has 2 aromatic rings. The van der Waals surface area contributed by atoms with Crippen LogP contribution in [0, 0.1) is 0 Å². The molecule has 0 unspecified atom stereocenters. The van der Waals surface area contributed by atoms with Crippen LogP contribution in [-0.2, 0) is 9.47 Å². The van der Waals surface area contributed by atoms with Crippen molar-refractivity contribution in [1.82, 2.24) is 14.9 Å². The number of benzene rings is 1. The van der Waals surface area contributed by atoms with E-state index >= 15 is 0 Å². The monoisotopic (exact) mass is 382 g/mol. The van der Waals surface area contributed by atoms with Crippen LogP contribution in [0.2, 0.25) is 0 Å². The molecule has 7 nitrogen and oxygen atoms in total. The number of hydrogen-bond acceptors (Lipinski definition) is 6. The van der Waals surface area contributed by atoms with Crippen LogP contribution in [-0.4, -0.2) is 66.0 Å². The lowest BCUT2D eigenvalue weighted by Crippen LogP contribution is -2.47. The van der Waals surface area contributed by atoms with E-state index in [2.05, 4.69) is 14.9 Å². The summed E-state index contributed by atoms with van der Waals surface area (Å²) in [5, 5.41) is 0.964. The van der Waals surface area contributed by atoms with Gasteiger partial charge >= 0.3 is 0 Å². The van der Waals surface area contributed by atoms with Gasteiger partial charge in [-0.15, -0.1) is 0 Å². The average Bonchev–Trinajstić information content (AvgIpc) is 3.21. The summed E-state index contributed by atoms with van der Waals surface area (Å²) in [5.74, 6) is 0.544. The van der Waals surface area contributed by atoms with Crippen molar-refractivity contribution in [3.8, 4) is 0 Å². The maximum Gasteiger partial charge on any atom is 0.253 e. The number of aromatic nitrogens is 2. The highest BCUT2D eigenvalue weighted by atomic mass is 16.7. The number of ether oxygens (including phenoxy) is 2. The Morgan fingerprint density at radius 2 is 1.71 bits per heavy atom. The molecular weight excluding hydrogens is 356 g/mol. The molecule has 5 rings (SSSR count). The van der Waals surface area contributed by atoms with Gasteiger partial charge in [0.2, 0.25) is 0 Å². The van der Waals surface area contributed by atoms with Crippen molar-refractivity contribution in [3.63, 3.8) is 0 Å². The van der Waals surface area contributed by atoms with E-state index in [0.29, 0.717) is 31.9 Å². The fourth-order valence-electron chi connectivity index (χ4n) is 4.55. The predicted molar refractivity (Wildman–Crippen MR) is 105 cm³/mol. The summed E-state index contributed by atoms with van der Waals surface area (Å²) in [7, 11) is 0. The van der Waals surface area contributed by atoms with Gasteiger partial charge in [-0.2, -0.15) is 0 Å². The van der Waals surface area contributed by atoms with Gasteiger partial charge in [-0.05, 0) is 37.5 Å². The standard InChI is InChI=1S/C21H26N4O3/c26-20(25-10-6-21(7-11-25)27-12-13-28-21)16-4-5-18-17(14-16)19(23-15-22-18)24-8-2-1-3-9-24/h4-5,14-15H,1-3,6-13H2. The maximum absolute atomic E-state index is 13.1. The summed E-state index contributed by atoms with van der Waals surface area (Å²) < 4.78 is 11.5. The molecule has 0 bridgehead atoms. The van der Waals surface area contributed by atoms with Crippen LogP contribution < -0.4 is 4.90 Å². The Morgan fingerprint density at radius 1 is 0.964 bits per heavy atom. The van der Waals surface area contributed by atoms with Gasteiger partial charge in [-0.1, -0.05) is 0 Å². The zero-order chi connectivity index (χ0) is 19.0. The van der Waals surface area contributed by atoms with E-state index in [0.717, 1.165) is 42.7 Å². The molecule has 3 fully saturated rings. The number of nitrogens with zero attached hydrogens (tertiary/aromatic N) is 4. The second kappa shape index (κ2) is 7.29. The number of likely N-dealkylation sites (tertiary alicyclic amines) is 1. The SMILES string of the molecule is O=C(c1ccc2ncnc(N3CCCCC3)c2c1)N1CCC2(CC1)OCCO2. The van der Waals surface area contributed by atoms with Crippen molar-refractivity contribution in [2.75, 3.05) is 44.3 Å². The number of anilines is 1. The lowest BCUT2D eigenvalue weighted by molar-refractivity contribution is -0.181. The molecule has 148 valence electrons. The van der Waals surface area contributed by atoms with E-state index in [4.69, 9.17) is 9.47 Å². The minimum atomic E-state index is -0.463. The molecule has 4 heterocycles. The van der Waals surface area contributed by atoms with Gasteiger partial charge < -0.3 is 19.3 Å². The van der Waals surface area contributed by atoms with Crippen LogP contribution in [0.4, 0.5) is 5.82 Å². The molecule has 0 N–H and O–H groups in total. The fraction of sp³-hybridized carbons (Fsp3) is 0.571. The lowest BCUT2D eigenvalue weighted by Gasteiger charge is -2.37. The van der Waals surface area contributed by atoms with Crippen molar-refractivity contribution in [2.45, 2.75) is 37.9 Å². The molecular formula is C21H26N4O3. The van der Waals surface area contributed by atoms with Crippen LogP contribution in [0.15, 0.2) is 24.5 Å². The van der Waals surface area contributed by atoms with Crippen molar-refractivity contribution < 1.29 is 14.3 Å². The zero-order valence-corrected chi connectivity index (χ0v) is 16.1. The summed E-state index contributed by atoms with van der Waals surface area (Å²) >= 11 is 0. The molecule has 1 aromatic carbocycles. The molecule has 1 amide bonds. The molecule has 3 aliphatic rings. The fourth-order valence-corrected chi connectivity index (χ4v) is 4.55. The van der Waals surface area contributed by atoms with Gasteiger partial charge in [0.25, 0.3) is 5.91 Å². The van der Waals surface area contributed by atoms with Crippen LogP contribution >= 0.6 is 0 Å². The van der Waals surface area contributed by atoms with Crippen molar-refractivity contribution in [1.29, 1.82) is 0 Å². The van der Waals surface area contributed by atoms with Crippen molar-refractivity contribution >= 4 is 22.6 Å². The second-order valence-corrected chi connectivity index (χ2v) is 7.88. The average molecular weight is 382 g/mol. The topological polar surface area (TPSA) is 67.8 Å². The van der Waals surface area contributed by atoms with Crippen LogP contribution in [0.5, 0.6) is 0 Å². The molecule has 1 spiro atoms. The maximum atomic E-state index is 13.1. The zero-order valence-electron chi connectivity index (χ0n) is 16.1. The third-order valence-electron chi connectivity index (χ3n) is 6.14. The van der Waals surface area contributed by atoms with E-state index in [9.17, 15) is 4.79 Å². The van der Waals surface area contributed by atoms with Crippen LogP contribution in [0.25, 0.3) is 10.9 Å². The number of piperidine rings is 2. The van der Waals surface area contributed by atoms with Gasteiger partial charge in [0, 0.05) is 50.0 Å². The minimum absolute atomic E-state index is 0.0585. The second-order valence-electron chi connectivity index (χ2n) is 7.88. The Labute approximate surface area is 164 Å². The number of fused-ring (bicyclic) bond motifs is 1. The summed E-state index contributed by atoms with van der Waals surface area (Å²) in [6.07, 6.45) is 6.73. The predicted octanol–water partition coefficient (Wildman–Crippen LogP) is 2.60. The molecule has 0 radical (unpaired) electrons.